The topological polar surface area (TPSA) is 29.1 Å². The van der Waals surface area contributed by atoms with Crippen molar-refractivity contribution >= 4 is 52.3 Å². The minimum Gasteiger partial charge on any atom is -0.349 e. The van der Waals surface area contributed by atoms with Crippen LogP contribution in [0.25, 0.3) is 0 Å². The molecule has 1 atom stereocenters. The fourth-order valence-electron chi connectivity index (χ4n) is 2.27. The van der Waals surface area contributed by atoms with Crippen LogP contribution in [0.2, 0.25) is 0 Å². The summed E-state index contributed by atoms with van der Waals surface area (Å²) in [5.74, 6) is -0.430. The first-order chi connectivity index (χ1) is 11.3. The van der Waals surface area contributed by atoms with Crippen LogP contribution in [0.3, 0.4) is 0 Å². The van der Waals surface area contributed by atoms with Gasteiger partial charge < -0.3 is 5.32 Å². The maximum atomic E-state index is 12.2. The van der Waals surface area contributed by atoms with Gasteiger partial charge in [-0.2, -0.15) is 0 Å². The van der Waals surface area contributed by atoms with Gasteiger partial charge in [0.05, 0.1) is 5.38 Å². The van der Waals surface area contributed by atoms with Crippen LogP contribution in [0.5, 0.6) is 0 Å². The van der Waals surface area contributed by atoms with Gasteiger partial charge >= 0.3 is 0 Å². The third kappa shape index (κ3) is 5.29. The minimum absolute atomic E-state index is 0.232. The quantitative estimate of drug-likeness (QED) is 0.624. The number of carbonyl (C=O) groups is 1. The molecule has 0 aliphatic heterocycles. The zero-order valence-corrected chi connectivity index (χ0v) is 15.9. The van der Waals surface area contributed by atoms with Crippen LogP contribution >= 0.6 is 46.4 Å². The molecule has 0 saturated heterocycles. The van der Waals surface area contributed by atoms with E-state index in [-0.39, 0.29) is 11.8 Å². The van der Waals surface area contributed by atoms with Crippen molar-refractivity contribution in [2.24, 2.45) is 0 Å². The molecule has 0 radical (unpaired) electrons. The Kier molecular flexibility index (Phi) is 6.82. The molecule has 2 rings (SSSR count). The zero-order chi connectivity index (χ0) is 17.7. The summed E-state index contributed by atoms with van der Waals surface area (Å²) in [6.07, 6.45) is 4.16. The lowest BCUT2D eigenvalue weighted by molar-refractivity contribution is -0.122. The molecule has 0 aromatic heterocycles. The molecule has 1 N–H and O–H groups in total. The highest BCUT2D eigenvalue weighted by Crippen LogP contribution is 2.35. The van der Waals surface area contributed by atoms with Crippen molar-refractivity contribution in [3.8, 4) is 0 Å². The summed E-state index contributed by atoms with van der Waals surface area (Å²) < 4.78 is -1.54. The lowest BCUT2D eigenvalue weighted by Gasteiger charge is -2.23. The average Bonchev–Trinajstić information content (AvgIpc) is 2.55. The van der Waals surface area contributed by atoms with Crippen molar-refractivity contribution in [2.75, 3.05) is 0 Å². The predicted octanol–water partition coefficient (Wildman–Crippen LogP) is 5.48. The largest absolute Gasteiger partial charge is 0.349 e. The van der Waals surface area contributed by atoms with Crippen molar-refractivity contribution < 1.29 is 4.79 Å². The van der Waals surface area contributed by atoms with E-state index in [4.69, 9.17) is 46.4 Å². The number of rotatable bonds is 6. The Balaban J connectivity index is 1.92. The van der Waals surface area contributed by atoms with Crippen molar-refractivity contribution in [2.45, 2.75) is 29.1 Å². The van der Waals surface area contributed by atoms with Gasteiger partial charge in [-0.15, -0.1) is 11.6 Å². The number of benzene rings is 1. The highest BCUT2D eigenvalue weighted by atomic mass is 35.5. The molecule has 128 valence electrons. The van der Waals surface area contributed by atoms with Crippen molar-refractivity contribution in [3.05, 3.63) is 70.8 Å². The van der Waals surface area contributed by atoms with E-state index in [0.29, 0.717) is 18.0 Å². The van der Waals surface area contributed by atoms with Crippen LogP contribution in [-0.2, 0) is 11.3 Å². The fourth-order valence-corrected chi connectivity index (χ4v) is 3.19. The van der Waals surface area contributed by atoms with Gasteiger partial charge in [0.15, 0.2) is 4.33 Å². The Morgan fingerprint density at radius 2 is 1.92 bits per heavy atom. The van der Waals surface area contributed by atoms with E-state index >= 15 is 0 Å². The number of alkyl halides is 3. The van der Waals surface area contributed by atoms with E-state index < -0.39 is 10.2 Å². The Bertz CT molecular complexity index is 680. The minimum atomic E-state index is -1.54. The number of hydrogen-bond donors (Lipinski definition) is 1. The number of halogens is 4. The first-order valence-electron chi connectivity index (χ1n) is 7.41. The second-order valence-corrected chi connectivity index (χ2v) is 7.91. The van der Waals surface area contributed by atoms with Gasteiger partial charge in [-0.1, -0.05) is 71.7 Å². The summed E-state index contributed by atoms with van der Waals surface area (Å²) >= 11 is 24.6. The molecule has 2 nitrogen and oxygen atoms in total. The Labute approximate surface area is 162 Å². The summed E-state index contributed by atoms with van der Waals surface area (Å²) in [4.78, 5) is 12.2. The summed E-state index contributed by atoms with van der Waals surface area (Å²) in [6, 6.07) is 9.54. The first kappa shape index (κ1) is 19.4. The van der Waals surface area contributed by atoms with E-state index in [1.807, 2.05) is 30.3 Å². The zero-order valence-electron chi connectivity index (χ0n) is 12.9. The second-order valence-electron chi connectivity index (χ2n) is 5.52. The van der Waals surface area contributed by atoms with Gasteiger partial charge in [0, 0.05) is 11.6 Å². The summed E-state index contributed by atoms with van der Waals surface area (Å²) in [5, 5.41) is 2.93. The number of amides is 1. The Morgan fingerprint density at radius 3 is 2.58 bits per heavy atom. The molecule has 6 heteroatoms. The summed E-state index contributed by atoms with van der Waals surface area (Å²) in [6.45, 7) is 4.31. The van der Waals surface area contributed by atoms with E-state index in [9.17, 15) is 4.79 Å². The van der Waals surface area contributed by atoms with E-state index in [1.54, 1.807) is 12.2 Å². The molecule has 0 bridgehead atoms. The maximum absolute atomic E-state index is 12.2. The molecule has 24 heavy (non-hydrogen) atoms. The lowest BCUT2D eigenvalue weighted by Crippen LogP contribution is -2.38. The third-order valence-electron chi connectivity index (χ3n) is 3.70. The number of hydrogen-bond acceptors (Lipinski definition) is 1. The second kappa shape index (κ2) is 8.44. The molecule has 0 fully saturated rings. The molecule has 1 aromatic carbocycles. The van der Waals surface area contributed by atoms with Crippen molar-refractivity contribution in [1.82, 2.24) is 5.32 Å². The molecule has 1 amide bonds. The Hall–Kier alpha value is -0.930. The highest BCUT2D eigenvalue weighted by molar-refractivity contribution is 6.58. The van der Waals surface area contributed by atoms with Crippen LogP contribution in [0.1, 0.15) is 18.4 Å². The predicted molar refractivity (Wildman–Crippen MR) is 103 cm³/mol. The third-order valence-corrected chi connectivity index (χ3v) is 5.05. The van der Waals surface area contributed by atoms with Gasteiger partial charge in [0.2, 0.25) is 0 Å². The summed E-state index contributed by atoms with van der Waals surface area (Å²) in [5.41, 5.74) is 2.57. The number of allylic oxidation sites excluding steroid dienone is 5. The molecule has 1 aromatic rings. The average molecular weight is 405 g/mol. The summed E-state index contributed by atoms with van der Waals surface area (Å²) in [7, 11) is 0. The van der Waals surface area contributed by atoms with Crippen LogP contribution in [0.15, 0.2) is 65.2 Å². The SMILES string of the molecule is C=C1C(CCC(Cl)(Cl)C(=O)NCc2ccccc2)=CC(Cl)=CC1Cl. The maximum Gasteiger partial charge on any atom is 0.256 e. The van der Waals surface area contributed by atoms with Crippen LogP contribution in [-0.4, -0.2) is 15.6 Å². The molecule has 1 aliphatic carbocycles. The number of nitrogens with one attached hydrogen (secondary N) is 1. The molecular formula is C18H17Cl4NO. The molecule has 1 unspecified atom stereocenters. The van der Waals surface area contributed by atoms with E-state index in [1.165, 1.54) is 0 Å². The van der Waals surface area contributed by atoms with Crippen LogP contribution < -0.4 is 5.32 Å². The van der Waals surface area contributed by atoms with E-state index in [0.717, 1.165) is 16.7 Å². The molecule has 0 spiro atoms. The standard InChI is InChI=1S/C18H17Cl4NO/c1-12-14(9-15(19)10-16(12)20)7-8-18(21,22)17(24)23-11-13-5-3-2-4-6-13/h2-6,9-10,16H,1,7-8,11H2,(H,23,24). The normalized spacial score (nSPS) is 18.0. The molecule has 1 aliphatic rings. The smallest absolute Gasteiger partial charge is 0.256 e. The lowest BCUT2D eigenvalue weighted by atomic mass is 9.94. The fraction of sp³-hybridized carbons (Fsp3) is 0.278. The van der Waals surface area contributed by atoms with Crippen molar-refractivity contribution in [3.63, 3.8) is 0 Å². The van der Waals surface area contributed by atoms with Gasteiger partial charge in [0.1, 0.15) is 0 Å². The first-order valence-corrected chi connectivity index (χ1v) is 8.98. The molecule has 0 saturated carbocycles. The number of carbonyl (C=O) groups excluding carboxylic acids is 1. The van der Waals surface area contributed by atoms with Crippen LogP contribution in [0, 0.1) is 0 Å². The van der Waals surface area contributed by atoms with E-state index in [2.05, 4.69) is 11.9 Å². The van der Waals surface area contributed by atoms with Gasteiger partial charge in [0.25, 0.3) is 5.91 Å². The van der Waals surface area contributed by atoms with Gasteiger partial charge in [-0.3, -0.25) is 4.79 Å². The van der Waals surface area contributed by atoms with Gasteiger partial charge in [-0.05, 0) is 41.7 Å². The molecule has 0 heterocycles. The molecular weight excluding hydrogens is 388 g/mol. The van der Waals surface area contributed by atoms with Crippen molar-refractivity contribution in [1.29, 1.82) is 0 Å². The Morgan fingerprint density at radius 1 is 1.25 bits per heavy atom. The highest BCUT2D eigenvalue weighted by Gasteiger charge is 2.34. The van der Waals surface area contributed by atoms with Crippen LogP contribution in [0.4, 0.5) is 0 Å². The monoisotopic (exact) mass is 403 g/mol. The van der Waals surface area contributed by atoms with Gasteiger partial charge in [-0.25, -0.2) is 0 Å².